The molecule has 1 atom stereocenters. The average Bonchev–Trinajstić information content (AvgIpc) is 2.14. The van der Waals surface area contributed by atoms with Crippen LogP contribution in [0.3, 0.4) is 0 Å². The lowest BCUT2D eigenvalue weighted by molar-refractivity contribution is 0.399. The number of halogens is 1. The van der Waals surface area contributed by atoms with E-state index in [-0.39, 0.29) is 0 Å². The molecule has 0 nitrogen and oxygen atoms in total. The highest BCUT2D eigenvalue weighted by Gasteiger charge is 2.29. The fourth-order valence-corrected chi connectivity index (χ4v) is 4.47. The number of alkyl halides is 1. The van der Waals surface area contributed by atoms with Gasteiger partial charge >= 0.3 is 0 Å². The van der Waals surface area contributed by atoms with Crippen molar-refractivity contribution in [3.63, 3.8) is 0 Å². The second-order valence-corrected chi connectivity index (χ2v) is 6.65. The van der Waals surface area contributed by atoms with E-state index in [2.05, 4.69) is 35.7 Å². The van der Waals surface area contributed by atoms with Gasteiger partial charge in [-0.1, -0.05) is 34.2 Å². The number of rotatable bonds is 8. The van der Waals surface area contributed by atoms with Gasteiger partial charge in [0, 0.05) is 15.6 Å². The van der Waals surface area contributed by atoms with Crippen LogP contribution in [0.4, 0.5) is 0 Å². The highest BCUT2D eigenvalue weighted by Crippen LogP contribution is 2.43. The average molecular weight is 273 g/mol. The molecule has 0 rings (SSSR count). The van der Waals surface area contributed by atoms with Crippen LogP contribution in [0.25, 0.3) is 0 Å². The molecule has 0 aromatic heterocycles. The van der Waals surface area contributed by atoms with E-state index in [0.29, 0.717) is 11.0 Å². The van der Waals surface area contributed by atoms with Crippen molar-refractivity contribution >= 4 is 26.2 Å². The van der Waals surface area contributed by atoms with Crippen LogP contribution in [0, 0.1) is 5.92 Å². The van der Waals surface area contributed by atoms with Crippen molar-refractivity contribution in [1.29, 1.82) is 0 Å². The molecule has 14 heavy (non-hydrogen) atoms. The van der Waals surface area contributed by atoms with Crippen molar-refractivity contribution in [1.82, 2.24) is 0 Å². The fraction of sp³-hybridized carbons (Fsp3) is 0.500. The second kappa shape index (κ2) is 7.24. The first-order valence-corrected chi connectivity index (χ1v) is 7.15. The Labute approximate surface area is 99.7 Å². The monoisotopic (exact) mass is 272 g/mol. The Morgan fingerprint density at radius 2 is 1.64 bits per heavy atom. The molecule has 0 aliphatic heterocycles. The molecule has 2 heteroatoms. The molecule has 0 amide bonds. The Balaban J connectivity index is 4.62. The van der Waals surface area contributed by atoms with E-state index in [9.17, 15) is 0 Å². The van der Waals surface area contributed by atoms with Gasteiger partial charge in [-0.2, -0.15) is 0 Å². The zero-order valence-corrected chi connectivity index (χ0v) is 12.7. The Hall–Kier alpha value is -0.0831. The first-order valence-electron chi connectivity index (χ1n) is 5.03. The topological polar surface area (TPSA) is 0 Å². The third kappa shape index (κ3) is 3.97. The van der Waals surface area contributed by atoms with Crippen LogP contribution >= 0.6 is 15.9 Å². The minimum absolute atomic E-state index is 0.404. The minimum atomic E-state index is 0.404. The van der Waals surface area contributed by atoms with Crippen molar-refractivity contribution in [2.24, 2.45) is 5.92 Å². The Morgan fingerprint density at radius 1 is 1.14 bits per heavy atom. The molecule has 0 heterocycles. The van der Waals surface area contributed by atoms with E-state index in [1.165, 1.54) is 10.2 Å². The van der Waals surface area contributed by atoms with Crippen molar-refractivity contribution in [2.75, 3.05) is 5.33 Å². The van der Waals surface area contributed by atoms with Crippen LogP contribution < -0.4 is 0 Å². The van der Waals surface area contributed by atoms with Crippen molar-refractivity contribution < 1.29 is 0 Å². The zero-order valence-electron chi connectivity index (χ0n) is 9.14. The van der Waals surface area contributed by atoms with Gasteiger partial charge in [0.15, 0.2) is 0 Å². The quantitative estimate of drug-likeness (QED) is 0.362. The maximum atomic E-state index is 3.85. The molecular weight excluding hydrogens is 252 g/mol. The molecule has 0 N–H and O–H groups in total. The van der Waals surface area contributed by atoms with E-state index in [0.717, 1.165) is 24.6 Å². The van der Waals surface area contributed by atoms with Gasteiger partial charge < -0.3 is 0 Å². The lowest BCUT2D eigenvalue weighted by Gasteiger charge is -2.35. The molecule has 0 aliphatic rings. The van der Waals surface area contributed by atoms with Gasteiger partial charge in [-0.25, -0.2) is 0 Å². The summed E-state index contributed by atoms with van der Waals surface area (Å²) in [5.74, 6) is 0.669. The molecule has 0 aliphatic carbocycles. The SMILES string of the molecule is C=CCC(CBr)C([SiH3])(CC=C)CC=C. The molecular formula is C12H21BrSi. The minimum Gasteiger partial charge on any atom is -0.103 e. The molecule has 0 saturated carbocycles. The first kappa shape index (κ1) is 13.9. The molecule has 0 spiro atoms. The van der Waals surface area contributed by atoms with Gasteiger partial charge in [0.05, 0.1) is 0 Å². The number of hydrogen-bond acceptors (Lipinski definition) is 0. The van der Waals surface area contributed by atoms with Gasteiger partial charge in [-0.3, -0.25) is 0 Å². The molecule has 1 unspecified atom stereocenters. The summed E-state index contributed by atoms with van der Waals surface area (Å²) in [6.07, 6.45) is 9.36. The zero-order chi connectivity index (χ0) is 11.0. The van der Waals surface area contributed by atoms with E-state index in [4.69, 9.17) is 0 Å². The lowest BCUT2D eigenvalue weighted by Crippen LogP contribution is -2.24. The first-order chi connectivity index (χ1) is 6.64. The van der Waals surface area contributed by atoms with Gasteiger partial charge in [0.1, 0.15) is 0 Å². The van der Waals surface area contributed by atoms with E-state index in [1.807, 2.05) is 18.2 Å². The summed E-state index contributed by atoms with van der Waals surface area (Å²) in [4.78, 5) is 0. The van der Waals surface area contributed by atoms with Crippen molar-refractivity contribution in [3.05, 3.63) is 38.0 Å². The van der Waals surface area contributed by atoms with Crippen LogP contribution in [-0.2, 0) is 0 Å². The predicted molar refractivity (Wildman–Crippen MR) is 74.4 cm³/mol. The number of allylic oxidation sites excluding steroid dienone is 3. The third-order valence-corrected chi connectivity index (χ3v) is 5.26. The highest BCUT2D eigenvalue weighted by atomic mass is 79.9. The van der Waals surface area contributed by atoms with Crippen LogP contribution in [0.2, 0.25) is 5.04 Å². The van der Waals surface area contributed by atoms with Crippen molar-refractivity contribution in [3.8, 4) is 0 Å². The van der Waals surface area contributed by atoms with E-state index in [1.54, 1.807) is 0 Å². The number of hydrogen-bond donors (Lipinski definition) is 0. The summed E-state index contributed by atoms with van der Waals surface area (Å²) in [5.41, 5.74) is 0. The molecule has 80 valence electrons. The van der Waals surface area contributed by atoms with Crippen molar-refractivity contribution in [2.45, 2.75) is 24.3 Å². The third-order valence-electron chi connectivity index (χ3n) is 2.84. The molecule has 0 fully saturated rings. The summed E-state index contributed by atoms with van der Waals surface area (Å²) in [6, 6.07) is 0. The van der Waals surface area contributed by atoms with E-state index < -0.39 is 0 Å². The summed E-state index contributed by atoms with van der Waals surface area (Å²) < 4.78 is 0. The van der Waals surface area contributed by atoms with Gasteiger partial charge in [0.2, 0.25) is 0 Å². The maximum Gasteiger partial charge on any atom is 0.0118 e. The Kier molecular flexibility index (Phi) is 7.20. The summed E-state index contributed by atoms with van der Waals surface area (Å²) in [7, 11) is 1.17. The second-order valence-electron chi connectivity index (χ2n) is 4.02. The Morgan fingerprint density at radius 3 is 1.93 bits per heavy atom. The molecule has 0 bridgehead atoms. The van der Waals surface area contributed by atoms with E-state index >= 15 is 0 Å². The van der Waals surface area contributed by atoms with Crippen LogP contribution in [0.5, 0.6) is 0 Å². The smallest absolute Gasteiger partial charge is 0.0118 e. The fourth-order valence-electron chi connectivity index (χ4n) is 1.81. The predicted octanol–water partition coefficient (Wildman–Crippen LogP) is 3.25. The van der Waals surface area contributed by atoms with Crippen LogP contribution in [0.1, 0.15) is 19.3 Å². The van der Waals surface area contributed by atoms with Crippen LogP contribution in [-0.4, -0.2) is 15.6 Å². The molecule has 0 saturated heterocycles. The van der Waals surface area contributed by atoms with Gasteiger partial charge in [-0.15, -0.1) is 19.7 Å². The highest BCUT2D eigenvalue weighted by molar-refractivity contribution is 9.09. The van der Waals surface area contributed by atoms with Gasteiger partial charge in [0.25, 0.3) is 0 Å². The normalized spacial score (nSPS) is 13.5. The summed E-state index contributed by atoms with van der Waals surface area (Å²) in [5, 5.41) is 1.45. The summed E-state index contributed by atoms with van der Waals surface area (Å²) in [6.45, 7) is 11.5. The Bertz CT molecular complexity index is 188. The molecule has 0 radical (unpaired) electrons. The molecule has 0 aromatic carbocycles. The lowest BCUT2D eigenvalue weighted by atomic mass is 9.84. The summed E-state index contributed by atoms with van der Waals surface area (Å²) >= 11 is 3.60. The standard InChI is InChI=1S/C12H21BrSi/c1-4-7-11(10-13)12(14,8-5-2)9-6-3/h4-6,11H,1-3,7-10H2,14H3. The van der Waals surface area contributed by atoms with Crippen LogP contribution in [0.15, 0.2) is 38.0 Å². The largest absolute Gasteiger partial charge is 0.103 e. The van der Waals surface area contributed by atoms with Gasteiger partial charge in [-0.05, 0) is 30.2 Å². The maximum absolute atomic E-state index is 3.85. The molecule has 0 aromatic rings.